The summed E-state index contributed by atoms with van der Waals surface area (Å²) in [6, 6.07) is 14.5. The van der Waals surface area contributed by atoms with Crippen LogP contribution in [0.2, 0.25) is 0 Å². The SMILES string of the molecule is Cc1cccc(NC(=O)Cn2cc(C(=O)C(N)=O)c3ccccc32)c1. The molecule has 3 aromatic rings. The fourth-order valence-corrected chi connectivity index (χ4v) is 2.77. The van der Waals surface area contributed by atoms with Crippen LogP contribution in [0.1, 0.15) is 15.9 Å². The number of nitrogens with one attached hydrogen (secondary N) is 1. The van der Waals surface area contributed by atoms with E-state index >= 15 is 0 Å². The van der Waals surface area contributed by atoms with Gasteiger partial charge in [-0.25, -0.2) is 0 Å². The van der Waals surface area contributed by atoms with Crippen molar-refractivity contribution in [1.29, 1.82) is 0 Å². The fourth-order valence-electron chi connectivity index (χ4n) is 2.77. The Bertz CT molecular complexity index is 988. The van der Waals surface area contributed by atoms with Crippen molar-refractivity contribution in [2.75, 3.05) is 5.32 Å². The first kappa shape index (κ1) is 16.4. The van der Waals surface area contributed by atoms with E-state index in [1.54, 1.807) is 34.9 Å². The third kappa shape index (κ3) is 3.42. The van der Waals surface area contributed by atoms with Gasteiger partial charge in [-0.1, -0.05) is 30.3 Å². The zero-order valence-corrected chi connectivity index (χ0v) is 13.7. The maximum absolute atomic E-state index is 12.3. The van der Waals surface area contributed by atoms with E-state index in [-0.39, 0.29) is 18.0 Å². The molecule has 1 aromatic heterocycles. The molecular formula is C19H17N3O3. The van der Waals surface area contributed by atoms with Gasteiger partial charge in [0.1, 0.15) is 6.54 Å². The van der Waals surface area contributed by atoms with Gasteiger partial charge in [-0.15, -0.1) is 0 Å². The van der Waals surface area contributed by atoms with E-state index in [9.17, 15) is 14.4 Å². The Balaban J connectivity index is 1.90. The minimum atomic E-state index is -1.02. The molecule has 0 aliphatic rings. The number of fused-ring (bicyclic) bond motifs is 1. The Morgan fingerprint density at radius 2 is 1.84 bits per heavy atom. The average molecular weight is 335 g/mol. The first-order valence-corrected chi connectivity index (χ1v) is 7.74. The van der Waals surface area contributed by atoms with E-state index in [1.165, 1.54) is 6.20 Å². The number of Topliss-reactive ketones (excluding diaryl/α,β-unsaturated/α-hetero) is 1. The molecule has 0 saturated carbocycles. The third-order valence-corrected chi connectivity index (χ3v) is 3.87. The molecule has 0 aliphatic heterocycles. The van der Waals surface area contributed by atoms with Crippen LogP contribution in [0.15, 0.2) is 54.7 Å². The molecule has 0 aliphatic carbocycles. The Labute approximate surface area is 144 Å². The van der Waals surface area contributed by atoms with Crippen molar-refractivity contribution in [1.82, 2.24) is 4.57 Å². The smallest absolute Gasteiger partial charge is 0.289 e. The zero-order valence-electron chi connectivity index (χ0n) is 13.7. The normalized spacial score (nSPS) is 10.6. The van der Waals surface area contributed by atoms with E-state index in [0.717, 1.165) is 5.56 Å². The van der Waals surface area contributed by atoms with Gasteiger partial charge in [0.15, 0.2) is 0 Å². The Morgan fingerprint density at radius 3 is 2.56 bits per heavy atom. The molecule has 0 fully saturated rings. The van der Waals surface area contributed by atoms with E-state index in [2.05, 4.69) is 5.32 Å². The Kier molecular flexibility index (Phi) is 4.35. The molecule has 0 spiro atoms. The third-order valence-electron chi connectivity index (χ3n) is 3.87. The zero-order chi connectivity index (χ0) is 18.0. The van der Waals surface area contributed by atoms with Crippen LogP contribution in [-0.2, 0) is 16.1 Å². The molecule has 1 heterocycles. The van der Waals surface area contributed by atoms with Gasteiger partial charge in [-0.05, 0) is 30.7 Å². The topological polar surface area (TPSA) is 94.2 Å². The minimum absolute atomic E-state index is 0.0144. The molecule has 6 nitrogen and oxygen atoms in total. The van der Waals surface area contributed by atoms with Crippen molar-refractivity contribution < 1.29 is 14.4 Å². The lowest BCUT2D eigenvalue weighted by Crippen LogP contribution is -2.23. The molecule has 0 unspecified atom stereocenters. The van der Waals surface area contributed by atoms with Crippen LogP contribution in [-0.4, -0.2) is 22.2 Å². The summed E-state index contributed by atoms with van der Waals surface area (Å²) in [7, 11) is 0. The summed E-state index contributed by atoms with van der Waals surface area (Å²) in [6.45, 7) is 1.96. The number of carbonyl (C=O) groups excluding carboxylic acids is 3. The number of hydrogen-bond acceptors (Lipinski definition) is 3. The van der Waals surface area contributed by atoms with Crippen LogP contribution in [0.5, 0.6) is 0 Å². The van der Waals surface area contributed by atoms with Gasteiger partial charge >= 0.3 is 0 Å². The van der Waals surface area contributed by atoms with Crippen molar-refractivity contribution in [2.24, 2.45) is 5.73 Å². The summed E-state index contributed by atoms with van der Waals surface area (Å²) < 4.78 is 1.64. The molecule has 6 heteroatoms. The summed E-state index contributed by atoms with van der Waals surface area (Å²) in [5.74, 6) is -2.02. The number of rotatable bonds is 5. The standard InChI is InChI=1S/C19H17N3O3/c1-12-5-4-6-13(9-12)21-17(23)11-22-10-15(18(24)19(20)25)14-7-2-3-8-16(14)22/h2-10H,11H2,1H3,(H2,20,25)(H,21,23). The van der Waals surface area contributed by atoms with E-state index in [4.69, 9.17) is 5.73 Å². The Hall–Kier alpha value is -3.41. The lowest BCUT2D eigenvalue weighted by atomic mass is 10.1. The average Bonchev–Trinajstić information content (AvgIpc) is 2.92. The van der Waals surface area contributed by atoms with Crippen LogP contribution in [0, 0.1) is 6.92 Å². The summed E-state index contributed by atoms with van der Waals surface area (Å²) in [4.78, 5) is 35.6. The van der Waals surface area contributed by atoms with Crippen LogP contribution < -0.4 is 11.1 Å². The lowest BCUT2D eigenvalue weighted by Gasteiger charge is -2.08. The number of anilines is 1. The van der Waals surface area contributed by atoms with Crippen LogP contribution in [0.25, 0.3) is 10.9 Å². The number of nitrogens with zero attached hydrogens (tertiary/aromatic N) is 1. The first-order chi connectivity index (χ1) is 12.0. The van der Waals surface area contributed by atoms with Gasteiger partial charge in [0.05, 0.1) is 5.56 Å². The van der Waals surface area contributed by atoms with Crippen molar-refractivity contribution in [2.45, 2.75) is 13.5 Å². The van der Waals surface area contributed by atoms with Crippen molar-refractivity contribution in [3.63, 3.8) is 0 Å². The number of carbonyl (C=O) groups is 3. The predicted molar refractivity (Wildman–Crippen MR) is 95.3 cm³/mol. The van der Waals surface area contributed by atoms with Crippen molar-refractivity contribution >= 4 is 34.2 Å². The van der Waals surface area contributed by atoms with Crippen molar-refractivity contribution in [3.8, 4) is 0 Å². The fraction of sp³-hybridized carbons (Fsp3) is 0.105. The highest BCUT2D eigenvalue weighted by atomic mass is 16.2. The molecule has 126 valence electrons. The second kappa shape index (κ2) is 6.60. The predicted octanol–water partition coefficient (Wildman–Crippen LogP) is 2.26. The number of ketones is 1. The Morgan fingerprint density at radius 1 is 1.08 bits per heavy atom. The molecule has 3 rings (SSSR count). The molecule has 0 bridgehead atoms. The van der Waals surface area contributed by atoms with Gasteiger partial charge in [0.25, 0.3) is 11.7 Å². The molecule has 0 atom stereocenters. The monoisotopic (exact) mass is 335 g/mol. The molecule has 2 amide bonds. The largest absolute Gasteiger partial charge is 0.363 e. The number of aryl methyl sites for hydroxylation is 1. The van der Waals surface area contributed by atoms with Crippen LogP contribution in [0.3, 0.4) is 0 Å². The molecule has 0 saturated heterocycles. The quantitative estimate of drug-likeness (QED) is 0.553. The number of hydrogen-bond donors (Lipinski definition) is 2. The highest BCUT2D eigenvalue weighted by molar-refractivity contribution is 6.44. The van der Waals surface area contributed by atoms with Gasteiger partial charge in [0.2, 0.25) is 5.91 Å². The van der Waals surface area contributed by atoms with Crippen LogP contribution in [0.4, 0.5) is 5.69 Å². The van der Waals surface area contributed by atoms with E-state index < -0.39 is 11.7 Å². The summed E-state index contributed by atoms with van der Waals surface area (Å²) in [5, 5.41) is 3.41. The van der Waals surface area contributed by atoms with E-state index in [1.807, 2.05) is 25.1 Å². The van der Waals surface area contributed by atoms with Gasteiger partial charge in [-0.3, -0.25) is 14.4 Å². The first-order valence-electron chi connectivity index (χ1n) is 7.74. The highest BCUT2D eigenvalue weighted by Gasteiger charge is 2.19. The number of aromatic nitrogens is 1. The van der Waals surface area contributed by atoms with E-state index in [0.29, 0.717) is 16.6 Å². The summed E-state index contributed by atoms with van der Waals surface area (Å²) in [6.07, 6.45) is 1.49. The van der Waals surface area contributed by atoms with Gasteiger partial charge in [-0.2, -0.15) is 0 Å². The highest BCUT2D eigenvalue weighted by Crippen LogP contribution is 2.22. The van der Waals surface area contributed by atoms with Gasteiger partial charge in [0, 0.05) is 22.8 Å². The summed E-state index contributed by atoms with van der Waals surface area (Å²) in [5.41, 5.74) is 7.74. The van der Waals surface area contributed by atoms with Crippen LogP contribution >= 0.6 is 0 Å². The molecule has 25 heavy (non-hydrogen) atoms. The maximum Gasteiger partial charge on any atom is 0.289 e. The number of para-hydroxylation sites is 1. The summed E-state index contributed by atoms with van der Waals surface area (Å²) >= 11 is 0. The number of nitrogens with two attached hydrogens (primary N) is 1. The molecule has 0 radical (unpaired) electrons. The van der Waals surface area contributed by atoms with Crippen molar-refractivity contribution in [3.05, 3.63) is 65.9 Å². The second-order valence-corrected chi connectivity index (χ2v) is 5.80. The minimum Gasteiger partial charge on any atom is -0.363 e. The maximum atomic E-state index is 12.3. The second-order valence-electron chi connectivity index (χ2n) is 5.80. The number of benzene rings is 2. The molecule has 2 aromatic carbocycles. The lowest BCUT2D eigenvalue weighted by molar-refractivity contribution is -0.116. The number of primary amides is 1. The molecule has 3 N–H and O–H groups in total. The number of amides is 2. The van der Waals surface area contributed by atoms with Gasteiger partial charge < -0.3 is 15.6 Å². The molecular weight excluding hydrogens is 318 g/mol.